The largest absolute Gasteiger partial charge is 0.378 e. The van der Waals surface area contributed by atoms with Crippen molar-refractivity contribution in [3.63, 3.8) is 0 Å². The molecule has 1 fully saturated rings. The van der Waals surface area contributed by atoms with Crippen molar-refractivity contribution in [2.24, 2.45) is 5.10 Å². The van der Waals surface area contributed by atoms with Crippen LogP contribution in [-0.4, -0.2) is 47.1 Å². The summed E-state index contributed by atoms with van der Waals surface area (Å²) >= 11 is 0. The third-order valence-electron chi connectivity index (χ3n) is 5.31. The molecule has 1 aliphatic heterocycles. The van der Waals surface area contributed by atoms with E-state index in [4.69, 9.17) is 9.72 Å². The topological polar surface area (TPSA) is 67.0 Å². The minimum absolute atomic E-state index is 0.676. The second-order valence-corrected chi connectivity index (χ2v) is 7.54. The van der Waals surface area contributed by atoms with Crippen molar-refractivity contribution in [3.05, 3.63) is 78.0 Å². The number of aromatic nitrogens is 3. The highest BCUT2D eigenvalue weighted by Gasteiger charge is 2.19. The number of morpholine rings is 1. The van der Waals surface area contributed by atoms with Crippen LogP contribution in [0.4, 0.5) is 11.6 Å². The van der Waals surface area contributed by atoms with E-state index in [0.29, 0.717) is 19.0 Å². The molecular weight excluding hydrogens is 388 g/mol. The molecule has 1 aliphatic rings. The van der Waals surface area contributed by atoms with Crippen LogP contribution in [0.25, 0.3) is 16.8 Å². The molecule has 31 heavy (non-hydrogen) atoms. The molecule has 1 saturated heterocycles. The number of ether oxygens (including phenoxy) is 1. The zero-order valence-corrected chi connectivity index (χ0v) is 17.4. The van der Waals surface area contributed by atoms with Crippen LogP contribution in [0.2, 0.25) is 0 Å². The van der Waals surface area contributed by atoms with Gasteiger partial charge in [0.05, 0.1) is 25.6 Å². The van der Waals surface area contributed by atoms with Crippen LogP contribution in [0.5, 0.6) is 0 Å². The van der Waals surface area contributed by atoms with E-state index in [2.05, 4.69) is 51.7 Å². The number of aryl methyl sites for hydroxylation is 1. The van der Waals surface area contributed by atoms with Gasteiger partial charge in [-0.1, -0.05) is 60.2 Å². The fourth-order valence-electron chi connectivity index (χ4n) is 3.77. The highest BCUT2D eigenvalue weighted by Crippen LogP contribution is 2.28. The predicted molar refractivity (Wildman–Crippen MR) is 124 cm³/mol. The van der Waals surface area contributed by atoms with Crippen molar-refractivity contribution in [3.8, 4) is 11.1 Å². The minimum Gasteiger partial charge on any atom is -0.378 e. The average Bonchev–Trinajstić information content (AvgIpc) is 3.24. The van der Waals surface area contributed by atoms with Crippen molar-refractivity contribution < 1.29 is 4.74 Å². The Morgan fingerprint density at radius 2 is 1.87 bits per heavy atom. The standard InChI is InChI=1S/C24H24N6O/c1-18-6-5-7-19(14-18)16-25-28-22-15-23(29-10-12-31-13-11-29)30-24(27-22)21(17-26-30)20-8-3-2-4-9-20/h2-9,14-17H,10-13H2,1H3,(H,27,28)/b25-16+. The van der Waals surface area contributed by atoms with Gasteiger partial charge < -0.3 is 9.64 Å². The van der Waals surface area contributed by atoms with E-state index in [1.165, 1.54) is 5.56 Å². The van der Waals surface area contributed by atoms with Gasteiger partial charge in [-0.2, -0.15) is 14.7 Å². The monoisotopic (exact) mass is 412 g/mol. The zero-order valence-electron chi connectivity index (χ0n) is 17.4. The van der Waals surface area contributed by atoms with Crippen molar-refractivity contribution >= 4 is 23.5 Å². The summed E-state index contributed by atoms with van der Waals surface area (Å²) in [5.41, 5.74) is 8.21. The van der Waals surface area contributed by atoms with Crippen molar-refractivity contribution in [2.75, 3.05) is 36.6 Å². The highest BCUT2D eigenvalue weighted by molar-refractivity contribution is 5.81. The van der Waals surface area contributed by atoms with E-state index in [-0.39, 0.29) is 0 Å². The lowest BCUT2D eigenvalue weighted by atomic mass is 10.1. The van der Waals surface area contributed by atoms with E-state index >= 15 is 0 Å². The van der Waals surface area contributed by atoms with Gasteiger partial charge in [0.25, 0.3) is 0 Å². The normalized spacial score (nSPS) is 14.4. The summed E-state index contributed by atoms with van der Waals surface area (Å²) in [5, 5.41) is 9.08. The highest BCUT2D eigenvalue weighted by atomic mass is 16.5. The van der Waals surface area contributed by atoms with E-state index < -0.39 is 0 Å². The van der Waals surface area contributed by atoms with Crippen molar-refractivity contribution in [1.82, 2.24) is 14.6 Å². The Kier molecular flexibility index (Phi) is 5.33. The van der Waals surface area contributed by atoms with Gasteiger partial charge in [-0.25, -0.2) is 4.98 Å². The molecule has 7 nitrogen and oxygen atoms in total. The maximum absolute atomic E-state index is 5.54. The molecular formula is C24H24N6O. The van der Waals surface area contributed by atoms with Crippen molar-refractivity contribution in [1.29, 1.82) is 0 Å². The smallest absolute Gasteiger partial charge is 0.167 e. The minimum atomic E-state index is 0.676. The molecule has 156 valence electrons. The first-order valence-corrected chi connectivity index (χ1v) is 10.4. The Balaban J connectivity index is 1.54. The maximum Gasteiger partial charge on any atom is 0.167 e. The molecule has 7 heteroatoms. The number of benzene rings is 2. The SMILES string of the molecule is Cc1cccc(/C=N/Nc2cc(N3CCOCC3)n3ncc(-c4ccccc4)c3n2)c1. The van der Waals surface area contributed by atoms with Crippen molar-refractivity contribution in [2.45, 2.75) is 6.92 Å². The Hall–Kier alpha value is -3.71. The van der Waals surface area contributed by atoms with Crippen LogP contribution >= 0.6 is 0 Å². The number of hydrogen-bond donors (Lipinski definition) is 1. The Bertz CT molecular complexity index is 1210. The van der Waals surface area contributed by atoms with E-state index in [1.807, 2.05) is 53.3 Å². The van der Waals surface area contributed by atoms with Crippen LogP contribution in [0.1, 0.15) is 11.1 Å². The van der Waals surface area contributed by atoms with Gasteiger partial charge >= 0.3 is 0 Å². The molecule has 0 atom stereocenters. The molecule has 0 amide bonds. The van der Waals surface area contributed by atoms with Crippen LogP contribution in [-0.2, 0) is 4.74 Å². The molecule has 2 aromatic carbocycles. The summed E-state index contributed by atoms with van der Waals surface area (Å²) in [7, 11) is 0. The Morgan fingerprint density at radius 3 is 2.68 bits per heavy atom. The lowest BCUT2D eigenvalue weighted by molar-refractivity contribution is 0.122. The first kappa shape index (κ1) is 19.3. The Morgan fingerprint density at radius 1 is 1.03 bits per heavy atom. The Labute approximate surface area is 181 Å². The number of nitrogens with zero attached hydrogens (tertiary/aromatic N) is 5. The molecule has 0 saturated carbocycles. The third-order valence-corrected chi connectivity index (χ3v) is 5.31. The molecule has 3 heterocycles. The van der Waals surface area contributed by atoms with Gasteiger partial charge in [-0.3, -0.25) is 5.43 Å². The fraction of sp³-hybridized carbons (Fsp3) is 0.208. The molecule has 1 N–H and O–H groups in total. The fourth-order valence-corrected chi connectivity index (χ4v) is 3.77. The number of fused-ring (bicyclic) bond motifs is 1. The lowest BCUT2D eigenvalue weighted by Gasteiger charge is -2.29. The summed E-state index contributed by atoms with van der Waals surface area (Å²) in [5.74, 6) is 1.65. The summed E-state index contributed by atoms with van der Waals surface area (Å²) < 4.78 is 7.44. The third kappa shape index (κ3) is 4.13. The molecule has 0 unspecified atom stereocenters. The van der Waals surface area contributed by atoms with Crippen LogP contribution in [0, 0.1) is 6.92 Å². The van der Waals surface area contributed by atoms with E-state index in [9.17, 15) is 0 Å². The zero-order chi connectivity index (χ0) is 21.0. The predicted octanol–water partition coefficient (Wildman–Crippen LogP) is 3.99. The van der Waals surface area contributed by atoms with Gasteiger partial charge in [0.15, 0.2) is 11.5 Å². The molecule has 0 aliphatic carbocycles. The molecule has 0 spiro atoms. The van der Waals surface area contributed by atoms with Crippen LogP contribution in [0.3, 0.4) is 0 Å². The van der Waals surface area contributed by atoms with Gasteiger partial charge in [-0.05, 0) is 18.1 Å². The average molecular weight is 412 g/mol. The second kappa shape index (κ2) is 8.57. The van der Waals surface area contributed by atoms with Crippen LogP contribution in [0.15, 0.2) is 72.0 Å². The van der Waals surface area contributed by atoms with E-state index in [0.717, 1.165) is 41.2 Å². The number of hydrazone groups is 1. The number of rotatable bonds is 5. The maximum atomic E-state index is 5.54. The lowest BCUT2D eigenvalue weighted by Crippen LogP contribution is -2.37. The molecule has 0 bridgehead atoms. The first-order chi connectivity index (χ1) is 15.3. The summed E-state index contributed by atoms with van der Waals surface area (Å²) in [4.78, 5) is 7.11. The summed E-state index contributed by atoms with van der Waals surface area (Å²) in [6.45, 7) is 5.09. The molecule has 5 rings (SSSR count). The quantitative estimate of drug-likeness (QED) is 0.397. The van der Waals surface area contributed by atoms with Crippen LogP contribution < -0.4 is 10.3 Å². The van der Waals surface area contributed by atoms with Gasteiger partial charge in [0, 0.05) is 24.7 Å². The number of nitrogens with one attached hydrogen (secondary N) is 1. The second-order valence-electron chi connectivity index (χ2n) is 7.54. The summed E-state index contributed by atoms with van der Waals surface area (Å²) in [6, 6.07) is 20.4. The van der Waals surface area contributed by atoms with Gasteiger partial charge in [0.1, 0.15) is 5.82 Å². The number of hydrogen-bond acceptors (Lipinski definition) is 6. The number of anilines is 2. The first-order valence-electron chi connectivity index (χ1n) is 10.4. The molecule has 2 aromatic heterocycles. The van der Waals surface area contributed by atoms with Gasteiger partial charge in [-0.15, -0.1) is 0 Å². The summed E-state index contributed by atoms with van der Waals surface area (Å²) in [6.07, 6.45) is 3.68. The van der Waals surface area contributed by atoms with Gasteiger partial charge in [0.2, 0.25) is 0 Å². The molecule has 0 radical (unpaired) electrons. The van der Waals surface area contributed by atoms with E-state index in [1.54, 1.807) is 0 Å². The molecule has 4 aromatic rings.